The number of rotatable bonds is 7. The summed E-state index contributed by atoms with van der Waals surface area (Å²) in [7, 11) is -3.58. The van der Waals surface area contributed by atoms with Gasteiger partial charge >= 0.3 is 0 Å². The Morgan fingerprint density at radius 1 is 1.10 bits per heavy atom. The van der Waals surface area contributed by atoms with Gasteiger partial charge in [-0.25, -0.2) is 8.42 Å². The van der Waals surface area contributed by atoms with E-state index in [4.69, 9.17) is 4.74 Å². The van der Waals surface area contributed by atoms with Crippen LogP contribution >= 0.6 is 15.9 Å². The summed E-state index contributed by atoms with van der Waals surface area (Å²) in [6, 6.07) is 14.6. The molecule has 1 heterocycles. The Labute approximate surface area is 186 Å². The third-order valence-electron chi connectivity index (χ3n) is 4.83. The van der Waals surface area contributed by atoms with Crippen LogP contribution in [0.2, 0.25) is 0 Å². The smallest absolute Gasteiger partial charge is 0.239 e. The van der Waals surface area contributed by atoms with Crippen molar-refractivity contribution in [2.75, 3.05) is 24.2 Å². The molecule has 162 valence electrons. The SMILES string of the molecule is CC1CN(Cc2ccccc2NC(=O)CS(=O)(=O)Cc2ccc(Br)cc2)CC(C)O1. The number of ether oxygens (including phenoxy) is 1. The zero-order valence-electron chi connectivity index (χ0n) is 17.2. The zero-order chi connectivity index (χ0) is 21.7. The summed E-state index contributed by atoms with van der Waals surface area (Å²) in [5, 5.41) is 2.79. The number of sulfone groups is 1. The topological polar surface area (TPSA) is 75.7 Å². The number of nitrogens with zero attached hydrogens (tertiary/aromatic N) is 1. The van der Waals surface area contributed by atoms with E-state index >= 15 is 0 Å². The third kappa shape index (κ3) is 6.91. The van der Waals surface area contributed by atoms with Crippen molar-refractivity contribution in [2.24, 2.45) is 0 Å². The highest BCUT2D eigenvalue weighted by Crippen LogP contribution is 2.21. The largest absolute Gasteiger partial charge is 0.373 e. The summed E-state index contributed by atoms with van der Waals surface area (Å²) >= 11 is 3.33. The van der Waals surface area contributed by atoms with Crippen molar-refractivity contribution in [3.63, 3.8) is 0 Å². The molecular formula is C22H27BrN2O4S. The van der Waals surface area contributed by atoms with E-state index in [2.05, 4.69) is 26.1 Å². The lowest BCUT2D eigenvalue weighted by Gasteiger charge is -2.35. The second kappa shape index (κ2) is 10.0. The number of hydrogen-bond donors (Lipinski definition) is 1. The summed E-state index contributed by atoms with van der Waals surface area (Å²) in [5.41, 5.74) is 2.26. The first-order valence-corrected chi connectivity index (χ1v) is 12.5. The van der Waals surface area contributed by atoms with E-state index in [1.807, 2.05) is 38.1 Å². The molecule has 2 unspecified atom stereocenters. The van der Waals surface area contributed by atoms with Gasteiger partial charge in [-0.2, -0.15) is 0 Å². The number of carbonyl (C=O) groups excluding carboxylic acids is 1. The molecule has 30 heavy (non-hydrogen) atoms. The van der Waals surface area contributed by atoms with Crippen LogP contribution in [0, 0.1) is 0 Å². The highest BCUT2D eigenvalue weighted by molar-refractivity contribution is 9.10. The average molecular weight is 495 g/mol. The predicted molar refractivity (Wildman–Crippen MR) is 122 cm³/mol. The van der Waals surface area contributed by atoms with Gasteiger partial charge in [0.15, 0.2) is 9.84 Å². The van der Waals surface area contributed by atoms with Crippen molar-refractivity contribution in [3.05, 3.63) is 64.1 Å². The summed E-state index contributed by atoms with van der Waals surface area (Å²) in [6.07, 6.45) is 0.304. The van der Waals surface area contributed by atoms with E-state index in [1.165, 1.54) is 0 Å². The van der Waals surface area contributed by atoms with Gasteiger partial charge in [0.2, 0.25) is 5.91 Å². The third-order valence-corrected chi connectivity index (χ3v) is 6.84. The monoisotopic (exact) mass is 494 g/mol. The Morgan fingerprint density at radius 3 is 2.40 bits per heavy atom. The molecule has 2 aromatic carbocycles. The molecule has 1 saturated heterocycles. The molecule has 0 radical (unpaired) electrons. The van der Waals surface area contributed by atoms with Crippen LogP contribution in [0.3, 0.4) is 0 Å². The molecule has 1 fully saturated rings. The van der Waals surface area contributed by atoms with Crippen LogP contribution < -0.4 is 5.32 Å². The fourth-order valence-corrected chi connectivity index (χ4v) is 5.24. The minimum atomic E-state index is -3.58. The molecule has 1 N–H and O–H groups in total. The molecule has 1 amide bonds. The molecule has 0 aliphatic carbocycles. The van der Waals surface area contributed by atoms with Crippen LogP contribution in [0.1, 0.15) is 25.0 Å². The number of anilines is 1. The molecule has 0 aromatic heterocycles. The van der Waals surface area contributed by atoms with Crippen molar-refractivity contribution in [3.8, 4) is 0 Å². The van der Waals surface area contributed by atoms with E-state index in [1.54, 1.807) is 24.3 Å². The fraction of sp³-hybridized carbons (Fsp3) is 0.409. The predicted octanol–water partition coefficient (Wildman–Crippen LogP) is 3.61. The van der Waals surface area contributed by atoms with Gasteiger partial charge in [0.25, 0.3) is 0 Å². The lowest BCUT2D eigenvalue weighted by atomic mass is 10.1. The Bertz CT molecular complexity index is 969. The van der Waals surface area contributed by atoms with Crippen LogP contribution in [-0.4, -0.2) is 50.3 Å². The zero-order valence-corrected chi connectivity index (χ0v) is 19.6. The average Bonchev–Trinajstić information content (AvgIpc) is 2.64. The van der Waals surface area contributed by atoms with Crippen LogP contribution in [0.25, 0.3) is 0 Å². The molecule has 3 rings (SSSR count). The number of halogens is 1. The first-order valence-electron chi connectivity index (χ1n) is 9.90. The molecule has 0 bridgehead atoms. The molecule has 1 aliphatic heterocycles. The van der Waals surface area contributed by atoms with E-state index < -0.39 is 21.5 Å². The van der Waals surface area contributed by atoms with Gasteiger partial charge in [-0.05, 0) is 43.2 Å². The highest BCUT2D eigenvalue weighted by Gasteiger charge is 2.23. The van der Waals surface area contributed by atoms with E-state index in [9.17, 15) is 13.2 Å². The molecule has 2 atom stereocenters. The first kappa shape index (κ1) is 22.9. The second-order valence-electron chi connectivity index (χ2n) is 7.82. The quantitative estimate of drug-likeness (QED) is 0.635. The summed E-state index contributed by atoms with van der Waals surface area (Å²) in [6.45, 7) is 6.39. The van der Waals surface area contributed by atoms with Gasteiger partial charge in [0.1, 0.15) is 5.75 Å². The van der Waals surface area contributed by atoms with E-state index in [-0.39, 0.29) is 18.0 Å². The van der Waals surface area contributed by atoms with Crippen molar-refractivity contribution in [1.29, 1.82) is 0 Å². The van der Waals surface area contributed by atoms with Crippen molar-refractivity contribution in [1.82, 2.24) is 4.90 Å². The van der Waals surface area contributed by atoms with Gasteiger partial charge in [-0.1, -0.05) is 46.3 Å². The molecule has 0 saturated carbocycles. The van der Waals surface area contributed by atoms with Gasteiger partial charge < -0.3 is 10.1 Å². The van der Waals surface area contributed by atoms with Gasteiger partial charge in [0, 0.05) is 29.8 Å². The number of amides is 1. The molecule has 1 aliphatic rings. The molecule has 2 aromatic rings. The lowest BCUT2D eigenvalue weighted by Crippen LogP contribution is -2.44. The summed E-state index contributed by atoms with van der Waals surface area (Å²) in [5.74, 6) is -1.25. The minimum Gasteiger partial charge on any atom is -0.373 e. The maximum Gasteiger partial charge on any atom is 0.239 e. The van der Waals surface area contributed by atoms with Gasteiger partial charge in [-0.15, -0.1) is 0 Å². The van der Waals surface area contributed by atoms with Gasteiger partial charge in [0.05, 0.1) is 18.0 Å². The van der Waals surface area contributed by atoms with Crippen LogP contribution in [0.5, 0.6) is 0 Å². The Hall–Kier alpha value is -1.74. The van der Waals surface area contributed by atoms with Crippen LogP contribution in [0.4, 0.5) is 5.69 Å². The van der Waals surface area contributed by atoms with Gasteiger partial charge in [-0.3, -0.25) is 9.69 Å². The van der Waals surface area contributed by atoms with Crippen LogP contribution in [0.15, 0.2) is 53.0 Å². The Morgan fingerprint density at radius 2 is 1.73 bits per heavy atom. The number of morpholine rings is 1. The fourth-order valence-electron chi connectivity index (χ4n) is 3.71. The molecule has 0 spiro atoms. The van der Waals surface area contributed by atoms with Crippen molar-refractivity contribution < 1.29 is 17.9 Å². The van der Waals surface area contributed by atoms with Crippen molar-refractivity contribution >= 4 is 37.4 Å². The Balaban J connectivity index is 1.63. The van der Waals surface area contributed by atoms with E-state index in [0.717, 1.165) is 23.1 Å². The van der Waals surface area contributed by atoms with Crippen molar-refractivity contribution in [2.45, 2.75) is 38.4 Å². The molecular weight excluding hydrogens is 468 g/mol. The normalized spacial score (nSPS) is 20.1. The number of carbonyl (C=O) groups is 1. The van der Waals surface area contributed by atoms with E-state index in [0.29, 0.717) is 17.8 Å². The second-order valence-corrected chi connectivity index (χ2v) is 10.8. The lowest BCUT2D eigenvalue weighted by molar-refractivity contribution is -0.113. The number of benzene rings is 2. The minimum absolute atomic E-state index is 0.152. The standard InChI is InChI=1S/C22H27BrN2O4S/c1-16-11-25(12-17(2)29-16)13-19-5-3-4-6-21(19)24-22(26)15-30(27,28)14-18-7-9-20(23)10-8-18/h3-10,16-17H,11-15H2,1-2H3,(H,24,26). The maximum atomic E-state index is 12.5. The number of nitrogens with one attached hydrogen (secondary N) is 1. The first-order chi connectivity index (χ1) is 14.2. The van der Waals surface area contributed by atoms with Crippen LogP contribution in [-0.2, 0) is 31.7 Å². The highest BCUT2D eigenvalue weighted by atomic mass is 79.9. The number of hydrogen-bond acceptors (Lipinski definition) is 5. The molecule has 6 nitrogen and oxygen atoms in total. The Kier molecular flexibility index (Phi) is 7.68. The number of para-hydroxylation sites is 1. The molecule has 8 heteroatoms. The summed E-state index contributed by atoms with van der Waals surface area (Å²) < 4.78 is 31.6. The maximum absolute atomic E-state index is 12.5. The summed E-state index contributed by atoms with van der Waals surface area (Å²) in [4.78, 5) is 14.8.